The van der Waals surface area contributed by atoms with Gasteiger partial charge in [0.2, 0.25) is 0 Å². The Bertz CT molecular complexity index is 628. The van der Waals surface area contributed by atoms with Gasteiger partial charge in [0.1, 0.15) is 0 Å². The number of nitrogen functional groups attached to an aromatic ring is 1. The van der Waals surface area contributed by atoms with E-state index in [-0.39, 0.29) is 0 Å². The predicted octanol–water partition coefficient (Wildman–Crippen LogP) is 4.78. The van der Waals surface area contributed by atoms with E-state index in [4.69, 9.17) is 17.3 Å². The van der Waals surface area contributed by atoms with Crippen LogP contribution in [0, 0.1) is 0 Å². The minimum Gasteiger partial charge on any atom is -0.399 e. The van der Waals surface area contributed by atoms with Gasteiger partial charge in [-0.25, -0.2) is 0 Å². The first kappa shape index (κ1) is 12.8. The van der Waals surface area contributed by atoms with Gasteiger partial charge in [-0.05, 0) is 70.2 Å². The lowest BCUT2D eigenvalue weighted by Crippen LogP contribution is -2.07. The van der Waals surface area contributed by atoms with E-state index >= 15 is 0 Å². The van der Waals surface area contributed by atoms with Crippen LogP contribution in [-0.4, -0.2) is 0 Å². The van der Waals surface area contributed by atoms with Gasteiger partial charge >= 0.3 is 0 Å². The van der Waals surface area contributed by atoms with Gasteiger partial charge in [0.05, 0.1) is 11.1 Å². The number of fused-ring (bicyclic) bond motifs is 1. The Morgan fingerprint density at radius 2 is 2.05 bits per heavy atom. The maximum atomic E-state index is 6.12. The van der Waals surface area contributed by atoms with E-state index in [1.807, 2.05) is 24.3 Å². The van der Waals surface area contributed by atoms with Crippen LogP contribution in [0.2, 0.25) is 5.02 Å². The van der Waals surface area contributed by atoms with Gasteiger partial charge in [-0.1, -0.05) is 17.7 Å². The Morgan fingerprint density at radius 3 is 2.84 bits per heavy atom. The number of nitrogens with one attached hydrogen (secondary N) is 1. The van der Waals surface area contributed by atoms with Gasteiger partial charge in [0, 0.05) is 15.8 Å². The summed E-state index contributed by atoms with van der Waals surface area (Å²) >= 11 is 9.52. The molecule has 19 heavy (non-hydrogen) atoms. The zero-order valence-corrected chi connectivity index (χ0v) is 12.6. The molecule has 0 aliphatic heterocycles. The molecule has 3 rings (SSSR count). The summed E-state index contributed by atoms with van der Waals surface area (Å²) in [5, 5.41) is 4.26. The molecule has 0 spiro atoms. The van der Waals surface area contributed by atoms with Crippen molar-refractivity contribution >= 4 is 38.9 Å². The largest absolute Gasteiger partial charge is 0.399 e. The second kappa shape index (κ2) is 5.06. The highest BCUT2D eigenvalue weighted by Crippen LogP contribution is 2.36. The van der Waals surface area contributed by atoms with Crippen molar-refractivity contribution in [1.29, 1.82) is 0 Å². The van der Waals surface area contributed by atoms with Crippen LogP contribution in [0.5, 0.6) is 0 Å². The van der Waals surface area contributed by atoms with Crippen LogP contribution in [0.15, 0.2) is 40.9 Å². The lowest BCUT2D eigenvalue weighted by Gasteiger charge is -2.16. The number of hydrogen-bond acceptors (Lipinski definition) is 2. The quantitative estimate of drug-likeness (QED) is 0.774. The van der Waals surface area contributed by atoms with Crippen molar-refractivity contribution in [3.05, 3.63) is 57.0 Å². The number of hydrogen-bond donors (Lipinski definition) is 2. The van der Waals surface area contributed by atoms with Gasteiger partial charge in [-0.3, -0.25) is 0 Å². The van der Waals surface area contributed by atoms with Gasteiger partial charge < -0.3 is 11.1 Å². The highest BCUT2D eigenvalue weighted by molar-refractivity contribution is 9.10. The zero-order chi connectivity index (χ0) is 13.4. The van der Waals surface area contributed by atoms with Crippen molar-refractivity contribution in [2.75, 3.05) is 11.1 Å². The topological polar surface area (TPSA) is 38.0 Å². The third-order valence-electron chi connectivity index (χ3n) is 3.51. The molecule has 2 aromatic carbocycles. The van der Waals surface area contributed by atoms with E-state index in [0.29, 0.717) is 6.04 Å². The van der Waals surface area contributed by atoms with Crippen LogP contribution in [-0.2, 0) is 6.42 Å². The van der Waals surface area contributed by atoms with Gasteiger partial charge in [0.25, 0.3) is 0 Å². The molecule has 0 amide bonds. The molecular weight excluding hydrogens is 324 g/mol. The molecule has 0 saturated carbocycles. The Labute approximate surface area is 126 Å². The lowest BCUT2D eigenvalue weighted by molar-refractivity contribution is 0.762. The van der Waals surface area contributed by atoms with Crippen molar-refractivity contribution in [3.8, 4) is 0 Å². The first-order valence-electron chi connectivity index (χ1n) is 6.23. The summed E-state index contributed by atoms with van der Waals surface area (Å²) in [6.07, 6.45) is 2.16. The first-order chi connectivity index (χ1) is 9.13. The van der Waals surface area contributed by atoms with E-state index in [1.165, 1.54) is 11.1 Å². The number of rotatable bonds is 2. The van der Waals surface area contributed by atoms with Gasteiger partial charge in [-0.15, -0.1) is 0 Å². The molecule has 1 aliphatic carbocycles. The van der Waals surface area contributed by atoms with Crippen LogP contribution in [0.25, 0.3) is 0 Å². The van der Waals surface area contributed by atoms with E-state index in [9.17, 15) is 0 Å². The molecule has 0 bridgehead atoms. The van der Waals surface area contributed by atoms with E-state index in [2.05, 4.69) is 33.4 Å². The van der Waals surface area contributed by atoms with Crippen LogP contribution in [0.4, 0.5) is 11.4 Å². The summed E-state index contributed by atoms with van der Waals surface area (Å²) in [7, 11) is 0. The average Bonchev–Trinajstić information content (AvgIpc) is 2.76. The van der Waals surface area contributed by atoms with E-state index in [1.54, 1.807) is 0 Å². The number of anilines is 2. The zero-order valence-electron chi connectivity index (χ0n) is 10.3. The van der Waals surface area contributed by atoms with Crippen molar-refractivity contribution in [2.24, 2.45) is 0 Å². The second-order valence-corrected chi connectivity index (χ2v) is 6.08. The highest BCUT2D eigenvalue weighted by Gasteiger charge is 2.22. The third kappa shape index (κ3) is 2.58. The molecule has 0 saturated heterocycles. The van der Waals surface area contributed by atoms with Gasteiger partial charge in [0.15, 0.2) is 0 Å². The standard InChI is InChI=1S/C15H14BrClN2/c16-13-5-3-11(8-14(13)17)19-15-6-1-9-7-10(18)2-4-12(9)15/h2-5,7-8,15,19H,1,6,18H2. The Kier molecular flexibility index (Phi) is 3.42. The minimum atomic E-state index is 0.341. The Morgan fingerprint density at radius 1 is 1.21 bits per heavy atom. The molecule has 98 valence electrons. The van der Waals surface area contributed by atoms with Gasteiger partial charge in [-0.2, -0.15) is 0 Å². The summed E-state index contributed by atoms with van der Waals surface area (Å²) in [5.74, 6) is 0. The second-order valence-electron chi connectivity index (χ2n) is 4.82. The van der Waals surface area contributed by atoms with Crippen molar-refractivity contribution in [3.63, 3.8) is 0 Å². The molecule has 0 aromatic heterocycles. The first-order valence-corrected chi connectivity index (χ1v) is 7.40. The van der Waals surface area contributed by atoms with E-state index in [0.717, 1.165) is 33.7 Å². The van der Waals surface area contributed by atoms with Crippen LogP contribution < -0.4 is 11.1 Å². The third-order valence-corrected chi connectivity index (χ3v) is 4.74. The lowest BCUT2D eigenvalue weighted by atomic mass is 10.1. The molecule has 0 radical (unpaired) electrons. The van der Waals surface area contributed by atoms with Crippen molar-refractivity contribution in [2.45, 2.75) is 18.9 Å². The minimum absolute atomic E-state index is 0.341. The fourth-order valence-electron chi connectivity index (χ4n) is 2.57. The molecule has 2 nitrogen and oxygen atoms in total. The molecular formula is C15H14BrClN2. The molecule has 4 heteroatoms. The predicted molar refractivity (Wildman–Crippen MR) is 84.7 cm³/mol. The smallest absolute Gasteiger partial charge is 0.0568 e. The van der Waals surface area contributed by atoms with Crippen LogP contribution in [0.3, 0.4) is 0 Å². The molecule has 1 unspecified atom stereocenters. The summed E-state index contributed by atoms with van der Waals surface area (Å²) in [6, 6.07) is 12.4. The van der Waals surface area contributed by atoms with E-state index < -0.39 is 0 Å². The van der Waals surface area contributed by atoms with Crippen molar-refractivity contribution in [1.82, 2.24) is 0 Å². The Balaban J connectivity index is 1.84. The Hall–Kier alpha value is -1.19. The average molecular weight is 338 g/mol. The fourth-order valence-corrected chi connectivity index (χ4v) is 3.00. The summed E-state index contributed by atoms with van der Waals surface area (Å²) in [4.78, 5) is 0. The monoisotopic (exact) mass is 336 g/mol. The van der Waals surface area contributed by atoms with Crippen molar-refractivity contribution < 1.29 is 0 Å². The number of aryl methyl sites for hydroxylation is 1. The summed E-state index contributed by atoms with van der Waals surface area (Å²) < 4.78 is 0.916. The molecule has 1 atom stereocenters. The molecule has 1 aliphatic rings. The fraction of sp³-hybridized carbons (Fsp3) is 0.200. The molecule has 0 fully saturated rings. The highest BCUT2D eigenvalue weighted by atomic mass is 79.9. The SMILES string of the molecule is Nc1ccc2c(c1)CCC2Nc1ccc(Br)c(Cl)c1. The maximum Gasteiger partial charge on any atom is 0.0568 e. The summed E-state index contributed by atoms with van der Waals surface area (Å²) in [5.41, 5.74) is 10.4. The normalized spacial score (nSPS) is 17.3. The molecule has 2 aromatic rings. The number of benzene rings is 2. The molecule has 3 N–H and O–H groups in total. The summed E-state index contributed by atoms with van der Waals surface area (Å²) in [6.45, 7) is 0. The molecule has 0 heterocycles. The number of nitrogens with two attached hydrogens (primary N) is 1. The number of halogens is 2. The van der Waals surface area contributed by atoms with Crippen LogP contribution >= 0.6 is 27.5 Å². The van der Waals surface area contributed by atoms with Crippen LogP contribution in [0.1, 0.15) is 23.6 Å². The maximum absolute atomic E-state index is 6.12.